The molecule has 3 aromatic rings. The number of allylic oxidation sites excluding steroid dienone is 1. The molecule has 20 heavy (non-hydrogen) atoms. The molecule has 2 aromatic heterocycles. The summed E-state index contributed by atoms with van der Waals surface area (Å²) in [5.41, 5.74) is 10.0. The van der Waals surface area contributed by atoms with E-state index in [0.717, 1.165) is 23.3 Å². The topological polar surface area (TPSA) is 72.5 Å². The number of hydrogen-bond acceptors (Lipinski definition) is 3. The maximum absolute atomic E-state index is 5.75. The van der Waals surface area contributed by atoms with Crippen LogP contribution in [-0.4, -0.2) is 20.0 Å². The molecule has 0 fully saturated rings. The fraction of sp³-hybridized carbons (Fsp3) is 0.200. The smallest absolute Gasteiger partial charge is 0.0998 e. The lowest BCUT2D eigenvalue weighted by molar-refractivity contribution is 0.637. The van der Waals surface area contributed by atoms with Gasteiger partial charge in [0.2, 0.25) is 0 Å². The molecule has 0 atom stereocenters. The highest BCUT2D eigenvalue weighted by Crippen LogP contribution is 2.21. The largest absolute Gasteiger partial charge is 0.361 e. The number of nitrogens with zero attached hydrogens (tertiary/aromatic N) is 3. The first kappa shape index (κ1) is 12.6. The van der Waals surface area contributed by atoms with Crippen LogP contribution in [0.3, 0.4) is 0 Å². The second-order valence-corrected chi connectivity index (χ2v) is 4.69. The maximum atomic E-state index is 5.75. The minimum Gasteiger partial charge on any atom is -0.361 e. The van der Waals surface area contributed by atoms with Gasteiger partial charge in [-0.05, 0) is 11.6 Å². The number of aromatic nitrogens is 4. The van der Waals surface area contributed by atoms with Gasteiger partial charge in [0, 0.05) is 30.1 Å². The second-order valence-electron chi connectivity index (χ2n) is 4.69. The summed E-state index contributed by atoms with van der Waals surface area (Å²) in [7, 11) is 0. The molecule has 3 rings (SSSR count). The van der Waals surface area contributed by atoms with Crippen LogP contribution in [0.15, 0.2) is 43.1 Å². The van der Waals surface area contributed by atoms with Crippen molar-refractivity contribution in [1.29, 1.82) is 0 Å². The highest BCUT2D eigenvalue weighted by atomic mass is 15.4. The zero-order valence-corrected chi connectivity index (χ0v) is 11.2. The number of benzene rings is 1. The maximum Gasteiger partial charge on any atom is 0.0998 e. The van der Waals surface area contributed by atoms with Crippen LogP contribution in [0, 0.1) is 0 Å². The van der Waals surface area contributed by atoms with E-state index in [4.69, 9.17) is 5.73 Å². The van der Waals surface area contributed by atoms with Gasteiger partial charge in [-0.3, -0.25) is 0 Å². The third-order valence-corrected chi connectivity index (χ3v) is 3.45. The van der Waals surface area contributed by atoms with Gasteiger partial charge >= 0.3 is 0 Å². The molecule has 5 nitrogen and oxygen atoms in total. The van der Waals surface area contributed by atoms with Crippen LogP contribution in [0.2, 0.25) is 0 Å². The number of aromatic amines is 1. The van der Waals surface area contributed by atoms with Crippen LogP contribution in [-0.2, 0) is 19.5 Å². The predicted octanol–water partition coefficient (Wildman–Crippen LogP) is 1.99. The van der Waals surface area contributed by atoms with Crippen molar-refractivity contribution in [3.8, 4) is 0 Å². The number of H-pyrrole nitrogens is 1. The van der Waals surface area contributed by atoms with Crippen molar-refractivity contribution >= 4 is 10.9 Å². The molecular weight excluding hydrogens is 250 g/mol. The zero-order chi connectivity index (χ0) is 13.9. The van der Waals surface area contributed by atoms with Crippen molar-refractivity contribution in [1.82, 2.24) is 20.0 Å². The summed E-state index contributed by atoms with van der Waals surface area (Å²) in [6.45, 7) is 4.79. The standard InChI is InChI=1S/C15H17N5/c1-2-7-20-15(14(9-16)18-19-20)8-11-10-17-13-6-4-3-5-12(11)13/h2-6,10,17H,1,7-9,16H2. The van der Waals surface area contributed by atoms with Crippen LogP contribution in [0.5, 0.6) is 0 Å². The van der Waals surface area contributed by atoms with E-state index >= 15 is 0 Å². The van der Waals surface area contributed by atoms with Gasteiger partial charge in [0.05, 0.1) is 17.9 Å². The van der Waals surface area contributed by atoms with E-state index in [1.54, 1.807) is 0 Å². The average Bonchev–Trinajstić information content (AvgIpc) is 3.05. The van der Waals surface area contributed by atoms with Crippen molar-refractivity contribution in [2.24, 2.45) is 5.73 Å². The number of fused-ring (bicyclic) bond motifs is 1. The van der Waals surface area contributed by atoms with Crippen LogP contribution >= 0.6 is 0 Å². The molecule has 0 amide bonds. The normalized spacial score (nSPS) is 11.1. The van der Waals surface area contributed by atoms with Crippen molar-refractivity contribution in [3.05, 3.63) is 60.1 Å². The number of hydrogen-bond donors (Lipinski definition) is 2. The molecule has 0 bridgehead atoms. The Kier molecular flexibility index (Phi) is 3.35. The van der Waals surface area contributed by atoms with E-state index in [1.165, 1.54) is 10.9 Å². The van der Waals surface area contributed by atoms with Gasteiger partial charge in [0.25, 0.3) is 0 Å². The molecule has 0 aliphatic rings. The third-order valence-electron chi connectivity index (χ3n) is 3.45. The molecule has 2 heterocycles. The van der Waals surface area contributed by atoms with Crippen LogP contribution < -0.4 is 5.73 Å². The summed E-state index contributed by atoms with van der Waals surface area (Å²) < 4.78 is 1.86. The molecule has 102 valence electrons. The van der Waals surface area contributed by atoms with Gasteiger partial charge < -0.3 is 10.7 Å². The monoisotopic (exact) mass is 267 g/mol. The second kappa shape index (κ2) is 5.30. The molecule has 0 unspecified atom stereocenters. The summed E-state index contributed by atoms with van der Waals surface area (Å²) in [5, 5.41) is 9.51. The Morgan fingerprint density at radius 2 is 2.20 bits per heavy atom. The van der Waals surface area contributed by atoms with Crippen molar-refractivity contribution < 1.29 is 0 Å². The van der Waals surface area contributed by atoms with Crippen LogP contribution in [0.1, 0.15) is 17.0 Å². The average molecular weight is 267 g/mol. The lowest BCUT2D eigenvalue weighted by Gasteiger charge is -2.05. The lowest BCUT2D eigenvalue weighted by Crippen LogP contribution is -2.07. The summed E-state index contributed by atoms with van der Waals surface area (Å²) in [4.78, 5) is 3.29. The molecule has 3 N–H and O–H groups in total. The highest BCUT2D eigenvalue weighted by Gasteiger charge is 2.13. The Morgan fingerprint density at radius 3 is 3.00 bits per heavy atom. The van der Waals surface area contributed by atoms with Crippen molar-refractivity contribution in [3.63, 3.8) is 0 Å². The minimum absolute atomic E-state index is 0.398. The van der Waals surface area contributed by atoms with Gasteiger partial charge in [-0.15, -0.1) is 11.7 Å². The van der Waals surface area contributed by atoms with E-state index in [1.807, 2.05) is 29.1 Å². The molecular formula is C15H17N5. The Hall–Kier alpha value is -2.40. The fourth-order valence-corrected chi connectivity index (χ4v) is 2.45. The van der Waals surface area contributed by atoms with E-state index in [2.05, 4.69) is 34.0 Å². The SMILES string of the molecule is C=CCn1nnc(CN)c1Cc1c[nH]c2ccccc12. The van der Waals surface area contributed by atoms with Gasteiger partial charge in [0.1, 0.15) is 0 Å². The predicted molar refractivity (Wildman–Crippen MR) is 79.2 cm³/mol. The number of nitrogens with two attached hydrogens (primary N) is 1. The summed E-state index contributed by atoms with van der Waals surface area (Å²) in [5.74, 6) is 0. The lowest BCUT2D eigenvalue weighted by atomic mass is 10.1. The van der Waals surface area contributed by atoms with E-state index in [0.29, 0.717) is 13.1 Å². The van der Waals surface area contributed by atoms with Gasteiger partial charge in [-0.1, -0.05) is 29.5 Å². The summed E-state index contributed by atoms with van der Waals surface area (Å²) >= 11 is 0. The molecule has 0 aliphatic carbocycles. The van der Waals surface area contributed by atoms with Crippen molar-refractivity contribution in [2.45, 2.75) is 19.5 Å². The summed E-state index contributed by atoms with van der Waals surface area (Å²) in [6, 6.07) is 8.26. The fourth-order valence-electron chi connectivity index (χ4n) is 2.45. The van der Waals surface area contributed by atoms with Crippen molar-refractivity contribution in [2.75, 3.05) is 0 Å². The van der Waals surface area contributed by atoms with Crippen LogP contribution in [0.4, 0.5) is 0 Å². The third kappa shape index (κ3) is 2.12. The Labute approximate surface area is 117 Å². The number of para-hydroxylation sites is 1. The van der Waals surface area contributed by atoms with E-state index < -0.39 is 0 Å². The van der Waals surface area contributed by atoms with Crippen LogP contribution in [0.25, 0.3) is 10.9 Å². The number of rotatable bonds is 5. The molecule has 0 saturated heterocycles. The molecule has 0 spiro atoms. The Morgan fingerprint density at radius 1 is 1.35 bits per heavy atom. The molecule has 1 aromatic carbocycles. The first-order valence-corrected chi connectivity index (χ1v) is 6.60. The molecule has 0 aliphatic heterocycles. The van der Waals surface area contributed by atoms with Gasteiger partial charge in [-0.25, -0.2) is 4.68 Å². The first-order valence-electron chi connectivity index (χ1n) is 6.60. The minimum atomic E-state index is 0.398. The first-order chi connectivity index (χ1) is 9.83. The highest BCUT2D eigenvalue weighted by molar-refractivity contribution is 5.83. The molecule has 5 heteroatoms. The van der Waals surface area contributed by atoms with E-state index in [9.17, 15) is 0 Å². The quantitative estimate of drug-likeness (QED) is 0.694. The summed E-state index contributed by atoms with van der Waals surface area (Å²) in [6.07, 6.45) is 4.61. The van der Waals surface area contributed by atoms with Gasteiger partial charge in [-0.2, -0.15) is 0 Å². The Bertz CT molecular complexity index is 738. The Balaban J connectivity index is 2.02. The number of nitrogens with one attached hydrogen (secondary N) is 1. The van der Waals surface area contributed by atoms with E-state index in [-0.39, 0.29) is 0 Å². The zero-order valence-electron chi connectivity index (χ0n) is 11.2. The molecule has 0 saturated carbocycles. The molecule has 0 radical (unpaired) electrons. The van der Waals surface area contributed by atoms with Gasteiger partial charge in [0.15, 0.2) is 0 Å².